The third-order valence-corrected chi connectivity index (χ3v) is 5.49. The Morgan fingerprint density at radius 3 is 0.864 bits per heavy atom. The Balaban J connectivity index is 0.00000147. The molecule has 0 saturated carbocycles. The summed E-state index contributed by atoms with van der Waals surface area (Å²) in [5, 5.41) is 4.19. The molecule has 0 spiro atoms. The summed E-state index contributed by atoms with van der Waals surface area (Å²) in [5.41, 5.74) is 0. The first-order valence-corrected chi connectivity index (χ1v) is 7.74. The van der Waals surface area contributed by atoms with E-state index in [9.17, 15) is 0 Å². The molecule has 0 aliphatic carbocycles. The zero-order chi connectivity index (χ0) is 12.9. The van der Waals surface area contributed by atoms with Crippen LogP contribution in [-0.2, 0) is 17.1 Å². The minimum Gasteiger partial charge on any atom is -1.00 e. The molecule has 22 heavy (non-hydrogen) atoms. The Morgan fingerprint density at radius 2 is 0.636 bits per heavy atom. The Kier molecular flexibility index (Phi) is 9.53. The maximum absolute atomic E-state index is 2.23. The summed E-state index contributed by atoms with van der Waals surface area (Å²) in [4.78, 5) is 0. The molecule has 0 N–H and O–H groups in total. The van der Waals surface area contributed by atoms with Gasteiger partial charge in [0, 0.05) is 0 Å². The van der Waals surface area contributed by atoms with Gasteiger partial charge in [-0.2, -0.15) is 0 Å². The average molecular weight is 364 g/mol. The fraction of sp³-hybridized carbons (Fsp3) is 0. The first-order valence-electron chi connectivity index (χ1n) is 6.40. The van der Waals surface area contributed by atoms with Crippen molar-refractivity contribution in [2.24, 2.45) is 0 Å². The van der Waals surface area contributed by atoms with Crippen molar-refractivity contribution in [3.05, 3.63) is 91.0 Å². The van der Waals surface area contributed by atoms with Crippen LogP contribution in [0.5, 0.6) is 0 Å². The van der Waals surface area contributed by atoms with Crippen LogP contribution in [0.4, 0.5) is 0 Å². The van der Waals surface area contributed by atoms with Crippen molar-refractivity contribution in [1.82, 2.24) is 0 Å². The van der Waals surface area contributed by atoms with Crippen LogP contribution >= 0.6 is 7.92 Å². The van der Waals surface area contributed by atoms with Gasteiger partial charge in [0.05, 0.1) is 0 Å². The van der Waals surface area contributed by atoms with Gasteiger partial charge < -0.3 is 9.41 Å². The predicted octanol–water partition coefficient (Wildman–Crippen LogP) is -2.55. The second kappa shape index (κ2) is 10.2. The third-order valence-electron chi connectivity index (χ3n) is 3.04. The second-order valence-electron chi connectivity index (χ2n) is 4.34. The van der Waals surface area contributed by atoms with Gasteiger partial charge in [-0.15, -0.1) is 0 Å². The molecule has 0 aliphatic rings. The van der Waals surface area contributed by atoms with Crippen molar-refractivity contribution in [3.63, 3.8) is 0 Å². The van der Waals surface area contributed by atoms with Gasteiger partial charge in [0.15, 0.2) is 0 Å². The topological polar surface area (TPSA) is 0 Å². The summed E-state index contributed by atoms with van der Waals surface area (Å²) < 4.78 is 0. The molecule has 0 fully saturated rings. The van der Waals surface area contributed by atoms with Crippen molar-refractivity contribution in [3.8, 4) is 0 Å². The first kappa shape index (κ1) is 20.5. The van der Waals surface area contributed by atoms with E-state index in [2.05, 4.69) is 91.0 Å². The number of hydrogen-bond donors (Lipinski definition) is 0. The molecule has 0 unspecified atom stereocenters. The van der Waals surface area contributed by atoms with Crippen molar-refractivity contribution in [1.29, 1.82) is 0 Å². The van der Waals surface area contributed by atoms with Crippen LogP contribution in [0.2, 0.25) is 0 Å². The Labute approximate surface area is 141 Å². The molecule has 1 radical (unpaired) electrons. The fourth-order valence-electron chi connectivity index (χ4n) is 2.18. The molecular weight excluding hydrogens is 349 g/mol. The molecule has 3 aromatic rings. The Morgan fingerprint density at radius 1 is 0.409 bits per heavy atom. The average Bonchev–Trinajstić information content (AvgIpc) is 2.51. The largest absolute Gasteiger partial charge is 2.00 e. The van der Waals surface area contributed by atoms with Crippen molar-refractivity contribution < 1.29 is 26.5 Å². The van der Waals surface area contributed by atoms with Gasteiger partial charge in [-0.3, -0.25) is 0 Å². The van der Waals surface area contributed by atoms with E-state index >= 15 is 0 Å². The predicted molar refractivity (Wildman–Crippen MR) is 85.1 cm³/mol. The van der Waals surface area contributed by atoms with E-state index in [1.165, 1.54) is 15.9 Å². The molecular formula is C18H15CuF2P. The molecule has 0 aliphatic heterocycles. The van der Waals surface area contributed by atoms with Gasteiger partial charge in [-0.05, 0) is 23.8 Å². The minimum absolute atomic E-state index is 0. The smallest absolute Gasteiger partial charge is 1.00 e. The molecule has 3 rings (SSSR count). The van der Waals surface area contributed by atoms with E-state index in [4.69, 9.17) is 0 Å². The molecule has 0 atom stereocenters. The molecule has 0 bridgehead atoms. The zero-order valence-corrected chi connectivity index (χ0v) is 13.5. The molecule has 3 aromatic carbocycles. The summed E-state index contributed by atoms with van der Waals surface area (Å²) in [6, 6.07) is 32.3. The zero-order valence-electron chi connectivity index (χ0n) is 11.7. The number of benzene rings is 3. The Bertz CT molecular complexity index is 539. The summed E-state index contributed by atoms with van der Waals surface area (Å²) in [5.74, 6) is 0. The number of halogens is 2. The SMILES string of the molecule is [Cu+2].[F-].[F-].c1ccc(P(c2ccccc2)c2ccccc2)cc1. The summed E-state index contributed by atoms with van der Waals surface area (Å²) in [7, 11) is -0.446. The number of hydrogen-bond acceptors (Lipinski definition) is 0. The summed E-state index contributed by atoms with van der Waals surface area (Å²) >= 11 is 0. The van der Waals surface area contributed by atoms with Gasteiger partial charge in [0.1, 0.15) is 0 Å². The standard InChI is InChI=1S/C18H15P.Cu.2FH/c1-4-10-16(11-5-1)19(17-12-6-2-7-13-17)18-14-8-3-9-15-18;;;/h1-15H;;2*1H/q;+2;;/p-2. The van der Waals surface area contributed by atoms with Crippen LogP contribution in [0.15, 0.2) is 91.0 Å². The van der Waals surface area contributed by atoms with Gasteiger partial charge in [-0.25, -0.2) is 0 Å². The maximum atomic E-state index is 2.23. The molecule has 0 aromatic heterocycles. The molecule has 0 saturated heterocycles. The summed E-state index contributed by atoms with van der Waals surface area (Å²) in [6.07, 6.45) is 0. The monoisotopic (exact) mass is 363 g/mol. The van der Waals surface area contributed by atoms with E-state index in [0.29, 0.717) is 0 Å². The maximum Gasteiger partial charge on any atom is 2.00 e. The van der Waals surface area contributed by atoms with E-state index in [-0.39, 0.29) is 26.5 Å². The molecule has 0 nitrogen and oxygen atoms in total. The number of rotatable bonds is 3. The van der Waals surface area contributed by atoms with Gasteiger partial charge in [0.25, 0.3) is 0 Å². The van der Waals surface area contributed by atoms with Crippen LogP contribution in [-0.4, -0.2) is 0 Å². The van der Waals surface area contributed by atoms with Gasteiger partial charge >= 0.3 is 17.1 Å². The van der Waals surface area contributed by atoms with E-state index in [1.54, 1.807) is 0 Å². The van der Waals surface area contributed by atoms with Crippen LogP contribution < -0.4 is 25.3 Å². The fourth-order valence-corrected chi connectivity index (χ4v) is 4.48. The second-order valence-corrected chi connectivity index (χ2v) is 6.56. The van der Waals surface area contributed by atoms with E-state index in [1.807, 2.05) is 0 Å². The van der Waals surface area contributed by atoms with Crippen molar-refractivity contribution >= 4 is 23.8 Å². The third kappa shape index (κ3) is 4.74. The first-order chi connectivity index (χ1) is 9.45. The van der Waals surface area contributed by atoms with Crippen LogP contribution in [0.3, 0.4) is 0 Å². The van der Waals surface area contributed by atoms with Crippen molar-refractivity contribution in [2.75, 3.05) is 0 Å². The minimum atomic E-state index is -0.446. The molecule has 117 valence electrons. The molecule has 0 heterocycles. The normalized spacial score (nSPS) is 9.14. The quantitative estimate of drug-likeness (QED) is 0.355. The van der Waals surface area contributed by atoms with Gasteiger partial charge in [-0.1, -0.05) is 91.0 Å². The van der Waals surface area contributed by atoms with Crippen LogP contribution in [0, 0.1) is 0 Å². The summed E-state index contributed by atoms with van der Waals surface area (Å²) in [6.45, 7) is 0. The van der Waals surface area contributed by atoms with Crippen LogP contribution in [0.25, 0.3) is 0 Å². The Hall–Kier alpha value is -1.53. The molecule has 4 heteroatoms. The van der Waals surface area contributed by atoms with Crippen molar-refractivity contribution in [2.45, 2.75) is 0 Å². The van der Waals surface area contributed by atoms with Crippen LogP contribution in [0.1, 0.15) is 0 Å². The molecule has 0 amide bonds. The van der Waals surface area contributed by atoms with E-state index in [0.717, 1.165) is 0 Å². The van der Waals surface area contributed by atoms with Gasteiger partial charge in [0.2, 0.25) is 0 Å². The van der Waals surface area contributed by atoms with E-state index < -0.39 is 7.92 Å².